The quantitative estimate of drug-likeness (QED) is 0.0320. The maximum atomic E-state index is 12.5. The SMILES string of the molecule is CCCCCCC/C=C\CCCCCCCC(=O)OCCCCCCCCCCCCCC/C=C\CCCCCCCCCCCCCC(=O)NC(CO)C(O)CCCCCCCCCCCCCCCC. The molecule has 3 N–H and O–H groups in total. The van der Waals surface area contributed by atoms with Gasteiger partial charge in [0, 0.05) is 12.8 Å². The van der Waals surface area contributed by atoms with Crippen LogP contribution in [0.25, 0.3) is 0 Å². The Bertz CT molecular complexity index is 1120. The summed E-state index contributed by atoms with van der Waals surface area (Å²) in [6.07, 6.45) is 76.3. The summed E-state index contributed by atoms with van der Waals surface area (Å²) in [4.78, 5) is 24.5. The Hall–Kier alpha value is -1.66. The number of carbonyl (C=O) groups is 2. The molecule has 0 radical (unpaired) electrons. The maximum absolute atomic E-state index is 12.5. The van der Waals surface area contributed by atoms with Crippen molar-refractivity contribution in [2.45, 2.75) is 373 Å². The van der Waals surface area contributed by atoms with Crippen LogP contribution in [0.15, 0.2) is 24.3 Å². The van der Waals surface area contributed by atoms with Gasteiger partial charge in [0.2, 0.25) is 5.91 Å². The summed E-state index contributed by atoms with van der Waals surface area (Å²) < 4.78 is 5.48. The van der Waals surface area contributed by atoms with Gasteiger partial charge in [-0.05, 0) is 77.0 Å². The Balaban J connectivity index is 3.37. The van der Waals surface area contributed by atoms with Gasteiger partial charge in [0.25, 0.3) is 0 Å². The highest BCUT2D eigenvalue weighted by atomic mass is 16.5. The normalized spacial score (nSPS) is 12.7. The van der Waals surface area contributed by atoms with Gasteiger partial charge in [0.1, 0.15) is 0 Å². The lowest BCUT2D eigenvalue weighted by molar-refractivity contribution is -0.143. The first-order valence-corrected chi connectivity index (χ1v) is 32.6. The van der Waals surface area contributed by atoms with Gasteiger partial charge in [-0.15, -0.1) is 0 Å². The summed E-state index contributed by atoms with van der Waals surface area (Å²) in [6, 6.07) is -0.541. The molecule has 6 heteroatoms. The molecule has 0 aromatic heterocycles. The third-order valence-electron chi connectivity index (χ3n) is 15.2. The first-order valence-electron chi connectivity index (χ1n) is 32.6. The van der Waals surface area contributed by atoms with E-state index in [1.165, 1.54) is 283 Å². The van der Waals surface area contributed by atoms with Crippen LogP contribution in [-0.2, 0) is 14.3 Å². The highest BCUT2D eigenvalue weighted by Gasteiger charge is 2.20. The molecule has 0 saturated carbocycles. The molecule has 2 unspecified atom stereocenters. The van der Waals surface area contributed by atoms with E-state index >= 15 is 0 Å². The second-order valence-corrected chi connectivity index (χ2v) is 22.4. The van der Waals surface area contributed by atoms with Crippen LogP contribution < -0.4 is 5.32 Å². The molecule has 2 atom stereocenters. The average Bonchev–Trinajstić information content (AvgIpc) is 3.38. The molecule has 0 aromatic carbocycles. The molecule has 0 heterocycles. The molecule has 0 aliphatic heterocycles. The van der Waals surface area contributed by atoms with E-state index in [1.807, 2.05) is 0 Å². The van der Waals surface area contributed by atoms with E-state index in [0.29, 0.717) is 25.9 Å². The molecule has 0 saturated heterocycles. The molecule has 0 aliphatic rings. The summed E-state index contributed by atoms with van der Waals surface area (Å²) in [5.41, 5.74) is 0. The number of esters is 1. The first-order chi connectivity index (χ1) is 35.5. The summed E-state index contributed by atoms with van der Waals surface area (Å²) in [5, 5.41) is 23.3. The summed E-state index contributed by atoms with van der Waals surface area (Å²) in [5.74, 6) is -0.0270. The molecule has 0 aromatic rings. The average molecular weight is 1010 g/mol. The van der Waals surface area contributed by atoms with E-state index in [9.17, 15) is 19.8 Å². The van der Waals surface area contributed by atoms with E-state index < -0.39 is 12.1 Å². The zero-order chi connectivity index (χ0) is 52.2. The molecular weight excluding hydrogens is 887 g/mol. The van der Waals surface area contributed by atoms with E-state index in [4.69, 9.17) is 4.74 Å². The van der Waals surface area contributed by atoms with Gasteiger partial charge in [0.05, 0.1) is 25.4 Å². The van der Waals surface area contributed by atoms with E-state index in [0.717, 1.165) is 44.9 Å². The number of hydrogen-bond donors (Lipinski definition) is 3. The highest BCUT2D eigenvalue weighted by Crippen LogP contribution is 2.18. The Kier molecular flexibility index (Phi) is 60.5. The van der Waals surface area contributed by atoms with Gasteiger partial charge >= 0.3 is 5.97 Å². The van der Waals surface area contributed by atoms with Crippen molar-refractivity contribution in [1.82, 2.24) is 5.32 Å². The lowest BCUT2D eigenvalue weighted by Crippen LogP contribution is -2.45. The van der Waals surface area contributed by atoms with E-state index in [-0.39, 0.29) is 18.5 Å². The molecule has 1 amide bonds. The van der Waals surface area contributed by atoms with Crippen molar-refractivity contribution in [3.8, 4) is 0 Å². The number of rotatable bonds is 61. The zero-order valence-corrected chi connectivity index (χ0v) is 48.7. The third-order valence-corrected chi connectivity index (χ3v) is 15.2. The largest absolute Gasteiger partial charge is 0.466 e. The van der Waals surface area contributed by atoms with Gasteiger partial charge in [-0.1, -0.05) is 295 Å². The Morgan fingerprint density at radius 1 is 0.375 bits per heavy atom. The van der Waals surface area contributed by atoms with Crippen LogP contribution in [0.5, 0.6) is 0 Å². The molecule has 6 nitrogen and oxygen atoms in total. The van der Waals surface area contributed by atoms with Gasteiger partial charge in [-0.3, -0.25) is 9.59 Å². The van der Waals surface area contributed by atoms with Crippen LogP contribution in [0.1, 0.15) is 361 Å². The van der Waals surface area contributed by atoms with Gasteiger partial charge in [0.15, 0.2) is 0 Å². The molecule has 72 heavy (non-hydrogen) atoms. The number of allylic oxidation sites excluding steroid dienone is 4. The van der Waals surface area contributed by atoms with Crippen molar-refractivity contribution in [2.75, 3.05) is 13.2 Å². The summed E-state index contributed by atoms with van der Waals surface area (Å²) in [6.45, 7) is 4.96. The fourth-order valence-corrected chi connectivity index (χ4v) is 10.2. The molecule has 0 spiro atoms. The fourth-order valence-electron chi connectivity index (χ4n) is 10.2. The highest BCUT2D eigenvalue weighted by molar-refractivity contribution is 5.76. The number of carbonyl (C=O) groups excluding carboxylic acids is 2. The minimum atomic E-state index is -0.664. The summed E-state index contributed by atoms with van der Waals surface area (Å²) in [7, 11) is 0. The van der Waals surface area contributed by atoms with Crippen LogP contribution in [-0.4, -0.2) is 47.4 Å². The Morgan fingerprint density at radius 3 is 0.986 bits per heavy atom. The monoisotopic (exact) mass is 1010 g/mol. The van der Waals surface area contributed by atoms with E-state index in [2.05, 4.69) is 43.5 Å². The number of ether oxygens (including phenoxy) is 1. The molecule has 0 aliphatic carbocycles. The van der Waals surface area contributed by atoms with Crippen molar-refractivity contribution < 1.29 is 24.5 Å². The first kappa shape index (κ1) is 70.3. The van der Waals surface area contributed by atoms with Crippen molar-refractivity contribution in [3.63, 3.8) is 0 Å². The minimum Gasteiger partial charge on any atom is -0.466 e. The van der Waals surface area contributed by atoms with Crippen molar-refractivity contribution in [1.29, 1.82) is 0 Å². The summed E-state index contributed by atoms with van der Waals surface area (Å²) >= 11 is 0. The Labute approximate surface area is 450 Å². The zero-order valence-electron chi connectivity index (χ0n) is 48.7. The smallest absolute Gasteiger partial charge is 0.305 e. The molecular formula is C66H127NO5. The topological polar surface area (TPSA) is 95.9 Å². The number of amides is 1. The van der Waals surface area contributed by atoms with Crippen LogP contribution in [0.4, 0.5) is 0 Å². The van der Waals surface area contributed by atoms with Crippen molar-refractivity contribution >= 4 is 11.9 Å². The number of aliphatic hydroxyl groups is 2. The third kappa shape index (κ3) is 57.6. The van der Waals surface area contributed by atoms with Crippen LogP contribution >= 0.6 is 0 Å². The number of aliphatic hydroxyl groups excluding tert-OH is 2. The molecule has 426 valence electrons. The molecule has 0 fully saturated rings. The lowest BCUT2D eigenvalue weighted by atomic mass is 10.0. The predicted molar refractivity (Wildman–Crippen MR) is 315 cm³/mol. The van der Waals surface area contributed by atoms with Gasteiger partial charge < -0.3 is 20.3 Å². The molecule has 0 bridgehead atoms. The van der Waals surface area contributed by atoms with Crippen molar-refractivity contribution in [2.24, 2.45) is 0 Å². The fraction of sp³-hybridized carbons (Fsp3) is 0.909. The Morgan fingerprint density at radius 2 is 0.653 bits per heavy atom. The number of unbranched alkanes of at least 4 members (excludes halogenated alkanes) is 46. The van der Waals surface area contributed by atoms with Crippen molar-refractivity contribution in [3.05, 3.63) is 24.3 Å². The van der Waals surface area contributed by atoms with Crippen LogP contribution in [0, 0.1) is 0 Å². The maximum Gasteiger partial charge on any atom is 0.305 e. The van der Waals surface area contributed by atoms with Gasteiger partial charge in [-0.25, -0.2) is 0 Å². The standard InChI is InChI=1S/C66H127NO5/c1-3-5-7-9-11-13-15-17-34-38-42-46-50-54-58-64(69)63(62-68)67-65(70)59-55-51-47-43-39-35-32-30-28-26-24-22-20-19-21-23-25-27-29-31-33-37-41-45-49-53-57-61-72-66(71)60-56-52-48-44-40-36-18-16-14-12-10-8-6-4-2/h16,18-20,63-64,68-69H,3-15,17,21-62H2,1-2H3,(H,67,70)/b18-16-,20-19-. The number of nitrogens with one attached hydrogen (secondary N) is 1. The second kappa shape index (κ2) is 61.9. The molecule has 0 rings (SSSR count). The minimum absolute atomic E-state index is 0.00694. The lowest BCUT2D eigenvalue weighted by Gasteiger charge is -2.22. The predicted octanol–water partition coefficient (Wildman–Crippen LogP) is 20.6. The van der Waals surface area contributed by atoms with Gasteiger partial charge in [-0.2, -0.15) is 0 Å². The van der Waals surface area contributed by atoms with Crippen LogP contribution in [0.3, 0.4) is 0 Å². The number of hydrogen-bond acceptors (Lipinski definition) is 5. The van der Waals surface area contributed by atoms with E-state index in [1.54, 1.807) is 0 Å². The second-order valence-electron chi connectivity index (χ2n) is 22.4. The van der Waals surface area contributed by atoms with Crippen LogP contribution in [0.2, 0.25) is 0 Å².